The molecule has 1 saturated heterocycles. The highest BCUT2D eigenvalue weighted by Gasteiger charge is 2.41. The van der Waals surface area contributed by atoms with Gasteiger partial charge in [0.25, 0.3) is 0 Å². The lowest BCUT2D eigenvalue weighted by molar-refractivity contribution is -0.161. The molecular formula is C14H24N2O3. The Bertz CT molecular complexity index is 359. The highest BCUT2D eigenvalue weighted by molar-refractivity contribution is 5.79. The number of rotatable bonds is 3. The molecule has 108 valence electrons. The highest BCUT2D eigenvalue weighted by Crippen LogP contribution is 2.36. The fourth-order valence-corrected chi connectivity index (χ4v) is 3.11. The van der Waals surface area contributed by atoms with Gasteiger partial charge in [0.1, 0.15) is 5.78 Å². The van der Waals surface area contributed by atoms with Gasteiger partial charge in [-0.25, -0.2) is 0 Å². The molecule has 2 aliphatic rings. The topological polar surface area (TPSA) is 58.6 Å². The van der Waals surface area contributed by atoms with Crippen LogP contribution in [0.3, 0.4) is 0 Å². The van der Waals surface area contributed by atoms with Gasteiger partial charge in [-0.1, -0.05) is 6.92 Å². The standard InChI is InChI=1S/C14H24N2O3/c1-9-12-5-4-11(18)8-14(12)19-15-13(9)6-7-16(3)10(2)17/h9,12-15H,4-8H2,1-3H3. The van der Waals surface area contributed by atoms with Gasteiger partial charge < -0.3 is 4.90 Å². The van der Waals surface area contributed by atoms with Crippen LogP contribution in [0.25, 0.3) is 0 Å². The van der Waals surface area contributed by atoms with Crippen molar-refractivity contribution in [2.75, 3.05) is 13.6 Å². The predicted molar refractivity (Wildman–Crippen MR) is 71.2 cm³/mol. The average molecular weight is 268 g/mol. The van der Waals surface area contributed by atoms with Crippen LogP contribution in [0.5, 0.6) is 0 Å². The largest absolute Gasteiger partial charge is 0.346 e. The fraction of sp³-hybridized carbons (Fsp3) is 0.857. The highest BCUT2D eigenvalue weighted by atomic mass is 16.7. The maximum Gasteiger partial charge on any atom is 0.219 e. The first-order valence-corrected chi connectivity index (χ1v) is 7.13. The first-order valence-electron chi connectivity index (χ1n) is 7.13. The van der Waals surface area contributed by atoms with Crippen LogP contribution in [0.4, 0.5) is 0 Å². The predicted octanol–water partition coefficient (Wildman–Crippen LogP) is 1.13. The van der Waals surface area contributed by atoms with Crippen molar-refractivity contribution in [2.24, 2.45) is 11.8 Å². The van der Waals surface area contributed by atoms with Crippen LogP contribution in [-0.4, -0.2) is 42.3 Å². The first kappa shape index (κ1) is 14.5. The number of nitrogens with one attached hydrogen (secondary N) is 1. The summed E-state index contributed by atoms with van der Waals surface area (Å²) < 4.78 is 0. The third-order valence-corrected chi connectivity index (χ3v) is 4.66. The van der Waals surface area contributed by atoms with E-state index in [4.69, 9.17) is 4.84 Å². The number of fused-ring (bicyclic) bond motifs is 1. The third-order valence-electron chi connectivity index (χ3n) is 4.66. The number of Topliss-reactive ketones (excluding diaryl/α,β-unsaturated/α-hetero) is 1. The van der Waals surface area contributed by atoms with E-state index in [0.717, 1.165) is 19.4 Å². The van der Waals surface area contributed by atoms with Gasteiger partial charge in [0.15, 0.2) is 0 Å². The molecule has 0 aromatic heterocycles. The maximum atomic E-state index is 11.4. The molecule has 5 nitrogen and oxygen atoms in total. The Balaban J connectivity index is 1.87. The molecule has 0 spiro atoms. The molecule has 1 heterocycles. The van der Waals surface area contributed by atoms with Crippen molar-refractivity contribution in [1.29, 1.82) is 0 Å². The van der Waals surface area contributed by atoms with Gasteiger partial charge in [-0.2, -0.15) is 5.48 Å². The molecule has 1 aliphatic heterocycles. The molecule has 0 bridgehead atoms. The number of amides is 1. The molecule has 5 heteroatoms. The van der Waals surface area contributed by atoms with Crippen molar-refractivity contribution in [2.45, 2.75) is 51.7 Å². The van der Waals surface area contributed by atoms with Gasteiger partial charge in [-0.15, -0.1) is 0 Å². The quantitative estimate of drug-likeness (QED) is 0.833. The number of hydroxylamine groups is 1. The third kappa shape index (κ3) is 3.34. The molecule has 0 aromatic carbocycles. The van der Waals surface area contributed by atoms with Gasteiger partial charge in [-0.05, 0) is 24.7 Å². The monoisotopic (exact) mass is 268 g/mol. The van der Waals surface area contributed by atoms with Crippen LogP contribution in [0.15, 0.2) is 0 Å². The zero-order chi connectivity index (χ0) is 14.0. The molecule has 1 N–H and O–H groups in total. The zero-order valence-electron chi connectivity index (χ0n) is 12.0. The minimum absolute atomic E-state index is 0.0398. The second-order valence-corrected chi connectivity index (χ2v) is 5.91. The van der Waals surface area contributed by atoms with Crippen molar-refractivity contribution in [3.05, 3.63) is 0 Å². The number of carbonyl (C=O) groups excluding carboxylic acids is 2. The van der Waals surface area contributed by atoms with Crippen LogP contribution in [0.2, 0.25) is 0 Å². The van der Waals surface area contributed by atoms with E-state index in [0.29, 0.717) is 30.5 Å². The minimum Gasteiger partial charge on any atom is -0.346 e. The molecule has 0 aromatic rings. The lowest BCUT2D eigenvalue weighted by Gasteiger charge is -2.44. The van der Waals surface area contributed by atoms with Crippen LogP contribution in [-0.2, 0) is 14.4 Å². The van der Waals surface area contributed by atoms with Gasteiger partial charge in [-0.3, -0.25) is 14.4 Å². The van der Waals surface area contributed by atoms with E-state index >= 15 is 0 Å². The average Bonchev–Trinajstić information content (AvgIpc) is 2.37. The Morgan fingerprint density at radius 2 is 2.26 bits per heavy atom. The van der Waals surface area contributed by atoms with E-state index in [2.05, 4.69) is 12.4 Å². The van der Waals surface area contributed by atoms with Crippen LogP contribution in [0.1, 0.15) is 39.5 Å². The van der Waals surface area contributed by atoms with E-state index in [9.17, 15) is 9.59 Å². The summed E-state index contributed by atoms with van der Waals surface area (Å²) in [5.74, 6) is 1.34. The Hall–Kier alpha value is -0.940. The summed E-state index contributed by atoms with van der Waals surface area (Å²) in [6, 6.07) is 0.260. The molecule has 1 saturated carbocycles. The second kappa shape index (κ2) is 6.01. The number of carbonyl (C=O) groups is 2. The maximum absolute atomic E-state index is 11.4. The van der Waals surface area contributed by atoms with E-state index in [-0.39, 0.29) is 18.1 Å². The van der Waals surface area contributed by atoms with Crippen molar-refractivity contribution >= 4 is 11.7 Å². The smallest absolute Gasteiger partial charge is 0.219 e. The molecule has 1 aliphatic carbocycles. The van der Waals surface area contributed by atoms with Crippen LogP contribution < -0.4 is 5.48 Å². The second-order valence-electron chi connectivity index (χ2n) is 5.91. The van der Waals surface area contributed by atoms with E-state index < -0.39 is 0 Å². The van der Waals surface area contributed by atoms with Crippen molar-refractivity contribution in [1.82, 2.24) is 10.4 Å². The summed E-state index contributed by atoms with van der Waals surface area (Å²) in [6.07, 6.45) is 3.09. The molecular weight excluding hydrogens is 244 g/mol. The number of hydrogen-bond donors (Lipinski definition) is 1. The van der Waals surface area contributed by atoms with Crippen molar-refractivity contribution in [3.63, 3.8) is 0 Å². The zero-order valence-corrected chi connectivity index (χ0v) is 12.0. The molecule has 4 atom stereocenters. The molecule has 1 amide bonds. The number of hydrogen-bond acceptors (Lipinski definition) is 4. The lowest BCUT2D eigenvalue weighted by atomic mass is 9.74. The van der Waals surface area contributed by atoms with E-state index in [1.807, 2.05) is 7.05 Å². The number of ketones is 1. The summed E-state index contributed by atoms with van der Waals surface area (Å²) in [5, 5.41) is 0. The Kier molecular flexibility index (Phi) is 4.58. The SMILES string of the molecule is CC(=O)N(C)CCC1NOC2CC(=O)CCC2C1C. The Labute approximate surface area is 114 Å². The van der Waals surface area contributed by atoms with E-state index in [1.165, 1.54) is 0 Å². The normalized spacial score (nSPS) is 34.8. The minimum atomic E-state index is 0.0398. The summed E-state index contributed by atoms with van der Waals surface area (Å²) in [5.41, 5.74) is 3.09. The van der Waals surface area contributed by atoms with Crippen LogP contribution >= 0.6 is 0 Å². The van der Waals surface area contributed by atoms with E-state index in [1.54, 1.807) is 11.8 Å². The molecule has 4 unspecified atom stereocenters. The Morgan fingerprint density at radius 1 is 1.53 bits per heavy atom. The lowest BCUT2D eigenvalue weighted by Crippen LogP contribution is -2.53. The molecule has 19 heavy (non-hydrogen) atoms. The molecule has 2 rings (SSSR count). The van der Waals surface area contributed by atoms with Crippen LogP contribution in [0, 0.1) is 11.8 Å². The van der Waals surface area contributed by atoms with Gasteiger partial charge in [0.05, 0.1) is 6.10 Å². The number of nitrogens with zero attached hydrogens (tertiary/aromatic N) is 1. The Morgan fingerprint density at radius 3 is 2.95 bits per heavy atom. The van der Waals surface area contributed by atoms with Gasteiger partial charge >= 0.3 is 0 Å². The van der Waals surface area contributed by atoms with Gasteiger partial charge in [0, 0.05) is 39.4 Å². The summed E-state index contributed by atoms with van der Waals surface area (Å²) in [7, 11) is 1.82. The van der Waals surface area contributed by atoms with Gasteiger partial charge in [0.2, 0.25) is 5.91 Å². The molecule has 2 fully saturated rings. The molecule has 0 radical (unpaired) electrons. The van der Waals surface area contributed by atoms with Crippen molar-refractivity contribution < 1.29 is 14.4 Å². The summed E-state index contributed by atoms with van der Waals surface area (Å²) in [6.45, 7) is 4.54. The first-order chi connectivity index (χ1) is 8.99. The van der Waals surface area contributed by atoms with Crippen molar-refractivity contribution in [3.8, 4) is 0 Å². The summed E-state index contributed by atoms with van der Waals surface area (Å²) in [4.78, 5) is 30.0. The fourth-order valence-electron chi connectivity index (χ4n) is 3.11. The summed E-state index contributed by atoms with van der Waals surface area (Å²) >= 11 is 0.